The van der Waals surface area contributed by atoms with E-state index in [1.165, 1.54) is 6.07 Å². The van der Waals surface area contributed by atoms with E-state index < -0.39 is 0 Å². The van der Waals surface area contributed by atoms with Gasteiger partial charge in [0.15, 0.2) is 0 Å². The van der Waals surface area contributed by atoms with Crippen LogP contribution >= 0.6 is 0 Å². The van der Waals surface area contributed by atoms with E-state index in [0.29, 0.717) is 18.4 Å². The molecule has 0 spiro atoms. The standard InChI is InChI=1S/C23H23FN2O2/c24-15-9-14(12-25-23(13-27)7-3-4-8-23)18-11-20-16-5-1-2-6-17(16)22(28)26-21(20)19(18)10-15/h1-2,5-6,9-10,25,27H,3-4,7-8,11-13H2,(H,26,28). The summed E-state index contributed by atoms with van der Waals surface area (Å²) in [5, 5.41) is 15.0. The fourth-order valence-corrected chi connectivity index (χ4v) is 4.93. The van der Waals surface area contributed by atoms with Crippen molar-refractivity contribution in [2.24, 2.45) is 0 Å². The van der Waals surface area contributed by atoms with Gasteiger partial charge in [-0.15, -0.1) is 0 Å². The van der Waals surface area contributed by atoms with Gasteiger partial charge >= 0.3 is 0 Å². The molecule has 2 aromatic carbocycles. The minimum absolute atomic E-state index is 0.0999. The molecule has 0 atom stereocenters. The molecule has 1 fully saturated rings. The molecule has 0 saturated heterocycles. The van der Waals surface area contributed by atoms with Crippen LogP contribution in [0.1, 0.15) is 42.4 Å². The minimum atomic E-state index is -0.304. The average molecular weight is 378 g/mol. The zero-order valence-electron chi connectivity index (χ0n) is 15.6. The van der Waals surface area contributed by atoms with Crippen molar-refractivity contribution in [3.05, 3.63) is 69.3 Å². The Morgan fingerprint density at radius 3 is 2.61 bits per heavy atom. The molecule has 3 N–H and O–H groups in total. The van der Waals surface area contributed by atoms with E-state index in [0.717, 1.165) is 59.0 Å². The molecule has 0 bridgehead atoms. The first-order valence-electron chi connectivity index (χ1n) is 9.92. The molecule has 0 aliphatic heterocycles. The van der Waals surface area contributed by atoms with E-state index in [4.69, 9.17) is 0 Å². The number of hydrogen-bond donors (Lipinski definition) is 3. The number of H-pyrrole nitrogens is 1. The lowest BCUT2D eigenvalue weighted by Crippen LogP contribution is -2.45. The molecule has 2 aliphatic rings. The fourth-order valence-electron chi connectivity index (χ4n) is 4.93. The lowest BCUT2D eigenvalue weighted by molar-refractivity contribution is 0.163. The van der Waals surface area contributed by atoms with Gasteiger partial charge in [-0.05, 0) is 53.1 Å². The van der Waals surface area contributed by atoms with Crippen LogP contribution in [0.2, 0.25) is 0 Å². The number of aliphatic hydroxyl groups is 1. The van der Waals surface area contributed by atoms with Gasteiger partial charge in [0.05, 0.1) is 12.3 Å². The molecule has 1 saturated carbocycles. The maximum atomic E-state index is 14.4. The van der Waals surface area contributed by atoms with Crippen LogP contribution in [0.3, 0.4) is 0 Å². The number of pyridine rings is 1. The van der Waals surface area contributed by atoms with Crippen molar-refractivity contribution in [2.45, 2.75) is 44.2 Å². The lowest BCUT2D eigenvalue weighted by atomic mass is 9.96. The van der Waals surface area contributed by atoms with E-state index in [1.807, 2.05) is 24.3 Å². The Balaban J connectivity index is 1.58. The topological polar surface area (TPSA) is 65.1 Å². The molecule has 144 valence electrons. The third kappa shape index (κ3) is 2.69. The Bertz CT molecular complexity index is 1130. The van der Waals surface area contributed by atoms with Gasteiger partial charge < -0.3 is 15.4 Å². The molecule has 0 radical (unpaired) electrons. The van der Waals surface area contributed by atoms with Gasteiger partial charge in [-0.3, -0.25) is 4.79 Å². The van der Waals surface area contributed by atoms with Crippen molar-refractivity contribution < 1.29 is 9.50 Å². The van der Waals surface area contributed by atoms with Crippen LogP contribution in [-0.2, 0) is 13.0 Å². The lowest BCUT2D eigenvalue weighted by Gasteiger charge is -2.28. The first-order valence-corrected chi connectivity index (χ1v) is 9.92. The second kappa shape index (κ2) is 6.54. The van der Waals surface area contributed by atoms with Crippen molar-refractivity contribution in [3.8, 4) is 11.3 Å². The highest BCUT2D eigenvalue weighted by atomic mass is 19.1. The van der Waals surface area contributed by atoms with Gasteiger partial charge in [0.2, 0.25) is 0 Å². The second-order valence-electron chi connectivity index (χ2n) is 8.12. The second-order valence-corrected chi connectivity index (χ2v) is 8.12. The molecule has 4 nitrogen and oxygen atoms in total. The predicted molar refractivity (Wildman–Crippen MR) is 108 cm³/mol. The Morgan fingerprint density at radius 1 is 1.11 bits per heavy atom. The van der Waals surface area contributed by atoms with Crippen LogP contribution in [0.25, 0.3) is 22.0 Å². The Labute approximate surface area is 162 Å². The van der Waals surface area contributed by atoms with Gasteiger partial charge in [-0.2, -0.15) is 0 Å². The smallest absolute Gasteiger partial charge is 0.256 e. The van der Waals surface area contributed by atoms with Gasteiger partial charge in [0, 0.05) is 29.5 Å². The van der Waals surface area contributed by atoms with Gasteiger partial charge in [0.25, 0.3) is 5.56 Å². The van der Waals surface area contributed by atoms with Crippen LogP contribution < -0.4 is 10.9 Å². The number of benzene rings is 2. The molecule has 3 aromatic rings. The average Bonchev–Trinajstić information content (AvgIpc) is 3.32. The van der Waals surface area contributed by atoms with Gasteiger partial charge in [0.1, 0.15) is 5.82 Å². The highest BCUT2D eigenvalue weighted by Gasteiger charge is 2.33. The summed E-state index contributed by atoms with van der Waals surface area (Å²) in [4.78, 5) is 15.5. The maximum Gasteiger partial charge on any atom is 0.256 e. The quantitative estimate of drug-likeness (QED) is 0.508. The number of hydrogen-bond acceptors (Lipinski definition) is 3. The summed E-state index contributed by atoms with van der Waals surface area (Å²) in [5.74, 6) is -0.304. The number of aromatic nitrogens is 1. The number of fused-ring (bicyclic) bond motifs is 5. The fraction of sp³-hybridized carbons (Fsp3) is 0.348. The summed E-state index contributed by atoms with van der Waals surface area (Å²) in [6.45, 7) is 0.611. The van der Waals surface area contributed by atoms with Crippen LogP contribution in [0.15, 0.2) is 41.2 Å². The van der Waals surface area contributed by atoms with Crippen LogP contribution in [-0.4, -0.2) is 22.2 Å². The molecule has 1 aromatic heterocycles. The summed E-state index contributed by atoms with van der Waals surface area (Å²) in [5.41, 5.74) is 4.12. The zero-order chi connectivity index (χ0) is 19.3. The van der Waals surface area contributed by atoms with Crippen molar-refractivity contribution in [3.63, 3.8) is 0 Å². The van der Waals surface area contributed by atoms with Crippen molar-refractivity contribution in [2.75, 3.05) is 6.61 Å². The molecular formula is C23H23FN2O2. The third-order valence-electron chi connectivity index (χ3n) is 6.48. The van der Waals surface area contributed by atoms with Crippen LogP contribution in [0.4, 0.5) is 4.39 Å². The summed E-state index contributed by atoms with van der Waals surface area (Å²) in [6, 6.07) is 10.7. The van der Waals surface area contributed by atoms with Crippen molar-refractivity contribution in [1.82, 2.24) is 10.3 Å². The molecule has 5 rings (SSSR count). The van der Waals surface area contributed by atoms with E-state index in [2.05, 4.69) is 10.3 Å². The van der Waals surface area contributed by atoms with Crippen molar-refractivity contribution >= 4 is 10.8 Å². The van der Waals surface area contributed by atoms with E-state index in [9.17, 15) is 14.3 Å². The molecule has 2 aliphatic carbocycles. The van der Waals surface area contributed by atoms with Crippen LogP contribution in [0.5, 0.6) is 0 Å². The summed E-state index contributed by atoms with van der Waals surface area (Å²) >= 11 is 0. The number of halogens is 1. The van der Waals surface area contributed by atoms with Gasteiger partial charge in [-0.25, -0.2) is 4.39 Å². The molecule has 0 unspecified atom stereocenters. The molecular weight excluding hydrogens is 355 g/mol. The summed E-state index contributed by atoms with van der Waals surface area (Å²) < 4.78 is 14.4. The summed E-state index contributed by atoms with van der Waals surface area (Å²) in [6.07, 6.45) is 4.77. The largest absolute Gasteiger partial charge is 0.394 e. The first-order chi connectivity index (χ1) is 13.6. The van der Waals surface area contributed by atoms with E-state index >= 15 is 0 Å². The Morgan fingerprint density at radius 2 is 1.86 bits per heavy atom. The number of aliphatic hydroxyl groups excluding tert-OH is 1. The normalized spacial score (nSPS) is 17.1. The van der Waals surface area contributed by atoms with E-state index in [-0.39, 0.29) is 23.5 Å². The zero-order valence-corrected chi connectivity index (χ0v) is 15.6. The van der Waals surface area contributed by atoms with E-state index in [1.54, 1.807) is 6.07 Å². The predicted octanol–water partition coefficient (Wildman–Crippen LogP) is 3.63. The molecule has 1 heterocycles. The highest BCUT2D eigenvalue weighted by Crippen LogP contribution is 2.40. The number of nitrogens with one attached hydrogen (secondary N) is 2. The molecule has 28 heavy (non-hydrogen) atoms. The molecule has 0 amide bonds. The van der Waals surface area contributed by atoms with Crippen LogP contribution in [0, 0.1) is 5.82 Å². The van der Waals surface area contributed by atoms with Crippen molar-refractivity contribution in [1.29, 1.82) is 0 Å². The van der Waals surface area contributed by atoms with Gasteiger partial charge in [-0.1, -0.05) is 31.0 Å². The third-order valence-corrected chi connectivity index (χ3v) is 6.48. The minimum Gasteiger partial charge on any atom is -0.394 e. The SMILES string of the molecule is O=c1[nH]c2c(c3ccccc13)Cc1c(CNC3(CO)CCCC3)cc(F)cc1-2. The monoisotopic (exact) mass is 378 g/mol. The Kier molecular flexibility index (Phi) is 4.11. The Hall–Kier alpha value is -2.50. The molecule has 5 heteroatoms. The highest BCUT2D eigenvalue weighted by molar-refractivity contribution is 5.93. The number of aromatic amines is 1. The summed E-state index contributed by atoms with van der Waals surface area (Å²) in [7, 11) is 0. The maximum absolute atomic E-state index is 14.4. The first kappa shape index (κ1) is 17.6. The number of rotatable bonds is 4.